The highest BCUT2D eigenvalue weighted by molar-refractivity contribution is 7.17. The smallest absolute Gasteiger partial charge is 0.324 e. The van der Waals surface area contributed by atoms with Crippen LogP contribution in [0.2, 0.25) is 0 Å². The highest BCUT2D eigenvalue weighted by Crippen LogP contribution is 2.24. The Morgan fingerprint density at radius 3 is 3.00 bits per heavy atom. The molecule has 18 heavy (non-hydrogen) atoms. The average molecular weight is 269 g/mol. The quantitative estimate of drug-likeness (QED) is 0.641. The van der Waals surface area contributed by atoms with Crippen molar-refractivity contribution in [3.05, 3.63) is 27.1 Å². The van der Waals surface area contributed by atoms with E-state index in [2.05, 4.69) is 17.6 Å². The van der Waals surface area contributed by atoms with Gasteiger partial charge in [0.05, 0.1) is 9.80 Å². The molecule has 7 heteroatoms. The molecule has 2 rings (SSSR count). The Labute approximate surface area is 109 Å². The normalized spacial score (nSPS) is 23.6. The topological polar surface area (TPSA) is 84.3 Å². The van der Waals surface area contributed by atoms with E-state index < -0.39 is 4.92 Å². The number of hydrogen-bond donors (Lipinski definition) is 2. The summed E-state index contributed by atoms with van der Waals surface area (Å²) in [6.45, 7) is 3.82. The van der Waals surface area contributed by atoms with Gasteiger partial charge in [0.1, 0.15) is 0 Å². The highest BCUT2D eigenvalue weighted by atomic mass is 32.1. The first-order valence-corrected chi connectivity index (χ1v) is 6.65. The van der Waals surface area contributed by atoms with Crippen molar-refractivity contribution in [1.82, 2.24) is 10.6 Å². The SMILES string of the molecule is CC1CCNCC1NC(=O)c1ccc([N+](=O)[O-])s1. The van der Waals surface area contributed by atoms with Crippen LogP contribution in [-0.4, -0.2) is 30.0 Å². The summed E-state index contributed by atoms with van der Waals surface area (Å²) in [5.41, 5.74) is 0. The summed E-state index contributed by atoms with van der Waals surface area (Å²) in [7, 11) is 0. The zero-order chi connectivity index (χ0) is 13.1. The number of amides is 1. The first-order valence-electron chi connectivity index (χ1n) is 5.83. The van der Waals surface area contributed by atoms with E-state index in [1.165, 1.54) is 12.1 Å². The van der Waals surface area contributed by atoms with Gasteiger partial charge in [-0.2, -0.15) is 0 Å². The van der Waals surface area contributed by atoms with Crippen molar-refractivity contribution in [1.29, 1.82) is 0 Å². The number of carbonyl (C=O) groups is 1. The second-order valence-corrected chi connectivity index (χ2v) is 5.51. The predicted molar refractivity (Wildman–Crippen MR) is 68.9 cm³/mol. The van der Waals surface area contributed by atoms with Crippen LogP contribution in [0.5, 0.6) is 0 Å². The fourth-order valence-corrected chi connectivity index (χ4v) is 2.69. The summed E-state index contributed by atoms with van der Waals surface area (Å²) in [5, 5.41) is 16.7. The summed E-state index contributed by atoms with van der Waals surface area (Å²) in [5.74, 6) is 0.193. The Morgan fingerprint density at radius 1 is 1.61 bits per heavy atom. The molecule has 2 N–H and O–H groups in total. The molecule has 1 aromatic heterocycles. The minimum atomic E-state index is -0.480. The van der Waals surface area contributed by atoms with E-state index in [9.17, 15) is 14.9 Å². The van der Waals surface area contributed by atoms with E-state index >= 15 is 0 Å². The second kappa shape index (κ2) is 5.45. The van der Waals surface area contributed by atoms with Gasteiger partial charge >= 0.3 is 5.00 Å². The summed E-state index contributed by atoms with van der Waals surface area (Å²) in [4.78, 5) is 22.4. The highest BCUT2D eigenvalue weighted by Gasteiger charge is 2.24. The molecule has 0 bridgehead atoms. The molecule has 0 spiro atoms. The second-order valence-electron chi connectivity index (χ2n) is 4.45. The molecule has 0 radical (unpaired) electrons. The standard InChI is InChI=1S/C11H15N3O3S/c1-7-4-5-12-6-8(7)13-11(15)9-2-3-10(18-9)14(16)17/h2-3,7-8,12H,4-6H2,1H3,(H,13,15). The van der Waals surface area contributed by atoms with Gasteiger partial charge < -0.3 is 10.6 Å². The average Bonchev–Trinajstić information content (AvgIpc) is 2.81. The van der Waals surface area contributed by atoms with E-state index in [1.54, 1.807) is 0 Å². The van der Waals surface area contributed by atoms with Crippen LogP contribution < -0.4 is 10.6 Å². The Bertz CT molecular complexity index is 460. The fourth-order valence-electron chi connectivity index (χ4n) is 1.97. The van der Waals surface area contributed by atoms with Crippen molar-refractivity contribution in [2.45, 2.75) is 19.4 Å². The van der Waals surface area contributed by atoms with Crippen LogP contribution in [0.15, 0.2) is 12.1 Å². The van der Waals surface area contributed by atoms with E-state index in [0.717, 1.165) is 30.8 Å². The third-order valence-electron chi connectivity index (χ3n) is 3.14. The fraction of sp³-hybridized carbons (Fsp3) is 0.545. The molecule has 1 saturated heterocycles. The molecule has 0 aliphatic carbocycles. The van der Waals surface area contributed by atoms with E-state index in [0.29, 0.717) is 10.8 Å². The molecule has 0 saturated carbocycles. The summed E-state index contributed by atoms with van der Waals surface area (Å²) < 4.78 is 0. The number of nitro groups is 1. The maximum atomic E-state index is 11.9. The Hall–Kier alpha value is -1.47. The summed E-state index contributed by atoms with van der Waals surface area (Å²) in [6, 6.07) is 2.95. The molecule has 2 heterocycles. The number of nitrogens with one attached hydrogen (secondary N) is 2. The van der Waals surface area contributed by atoms with Gasteiger partial charge in [-0.1, -0.05) is 18.3 Å². The van der Waals surface area contributed by atoms with Crippen molar-refractivity contribution in [2.75, 3.05) is 13.1 Å². The zero-order valence-electron chi connectivity index (χ0n) is 10.0. The predicted octanol–water partition coefficient (Wildman–Crippen LogP) is 1.38. The van der Waals surface area contributed by atoms with E-state index in [1.807, 2.05) is 0 Å². The zero-order valence-corrected chi connectivity index (χ0v) is 10.8. The molecular weight excluding hydrogens is 254 g/mol. The van der Waals surface area contributed by atoms with Gasteiger partial charge in [-0.25, -0.2) is 0 Å². The molecule has 6 nitrogen and oxygen atoms in total. The number of hydrogen-bond acceptors (Lipinski definition) is 5. The molecule has 2 unspecified atom stereocenters. The molecule has 2 atom stereocenters. The lowest BCUT2D eigenvalue weighted by atomic mass is 9.95. The van der Waals surface area contributed by atoms with Gasteiger partial charge in [-0.05, 0) is 24.9 Å². The molecule has 1 aromatic rings. The van der Waals surface area contributed by atoms with Crippen LogP contribution in [0, 0.1) is 16.0 Å². The summed E-state index contributed by atoms with van der Waals surface area (Å²) in [6.07, 6.45) is 1.02. The van der Waals surface area contributed by atoms with E-state index in [-0.39, 0.29) is 17.0 Å². The number of nitrogens with zero attached hydrogens (tertiary/aromatic N) is 1. The first-order chi connectivity index (χ1) is 8.58. The van der Waals surface area contributed by atoms with Crippen molar-refractivity contribution in [3.8, 4) is 0 Å². The van der Waals surface area contributed by atoms with Crippen LogP contribution in [0.4, 0.5) is 5.00 Å². The minimum Gasteiger partial charge on any atom is -0.347 e. The molecule has 98 valence electrons. The first kappa shape index (κ1) is 13.0. The van der Waals surface area contributed by atoms with Crippen LogP contribution in [0.3, 0.4) is 0 Å². The van der Waals surface area contributed by atoms with Crippen LogP contribution in [0.25, 0.3) is 0 Å². The van der Waals surface area contributed by atoms with Crippen molar-refractivity contribution in [3.63, 3.8) is 0 Å². The number of carbonyl (C=O) groups excluding carboxylic acids is 1. The molecule has 1 aliphatic heterocycles. The maximum absolute atomic E-state index is 11.9. The maximum Gasteiger partial charge on any atom is 0.324 e. The number of piperidine rings is 1. The van der Waals surface area contributed by atoms with E-state index in [4.69, 9.17) is 0 Å². The monoisotopic (exact) mass is 269 g/mol. The van der Waals surface area contributed by atoms with Gasteiger partial charge in [0, 0.05) is 18.7 Å². The molecule has 0 aromatic carbocycles. The van der Waals surface area contributed by atoms with Gasteiger partial charge in [0.15, 0.2) is 0 Å². The van der Waals surface area contributed by atoms with Gasteiger partial charge in [0.25, 0.3) is 5.91 Å². The van der Waals surface area contributed by atoms with Crippen molar-refractivity contribution < 1.29 is 9.72 Å². The molecular formula is C11H15N3O3S. The lowest BCUT2D eigenvalue weighted by Crippen LogP contribution is -2.50. The van der Waals surface area contributed by atoms with Crippen LogP contribution >= 0.6 is 11.3 Å². The Balaban J connectivity index is 2.00. The van der Waals surface area contributed by atoms with Crippen LogP contribution in [0.1, 0.15) is 23.0 Å². The third kappa shape index (κ3) is 2.85. The van der Waals surface area contributed by atoms with Crippen LogP contribution in [-0.2, 0) is 0 Å². The third-order valence-corrected chi connectivity index (χ3v) is 4.18. The molecule has 1 amide bonds. The Kier molecular flexibility index (Phi) is 3.93. The number of thiophene rings is 1. The van der Waals surface area contributed by atoms with Gasteiger partial charge in [0.2, 0.25) is 0 Å². The summed E-state index contributed by atoms with van der Waals surface area (Å²) >= 11 is 0.907. The lowest BCUT2D eigenvalue weighted by Gasteiger charge is -2.30. The molecule has 1 fully saturated rings. The largest absolute Gasteiger partial charge is 0.347 e. The molecule has 1 aliphatic rings. The lowest BCUT2D eigenvalue weighted by molar-refractivity contribution is -0.380. The Morgan fingerprint density at radius 2 is 2.39 bits per heavy atom. The number of rotatable bonds is 3. The van der Waals surface area contributed by atoms with Gasteiger partial charge in [-0.15, -0.1) is 0 Å². The minimum absolute atomic E-state index is 0.00466. The van der Waals surface area contributed by atoms with Crippen molar-refractivity contribution in [2.24, 2.45) is 5.92 Å². The van der Waals surface area contributed by atoms with Gasteiger partial charge in [-0.3, -0.25) is 14.9 Å². The van der Waals surface area contributed by atoms with Crippen molar-refractivity contribution >= 4 is 22.2 Å².